The molecule has 0 spiro atoms. The van der Waals surface area contributed by atoms with Gasteiger partial charge in [-0.15, -0.1) is 0 Å². The number of benzene rings is 3. The minimum Gasteiger partial charge on any atom is -0.349 e. The second kappa shape index (κ2) is 12.0. The van der Waals surface area contributed by atoms with Crippen LogP contribution in [0, 0.1) is 18.7 Å². The highest BCUT2D eigenvalue weighted by molar-refractivity contribution is 6.30. The van der Waals surface area contributed by atoms with Crippen LogP contribution in [-0.4, -0.2) is 23.7 Å². The van der Waals surface area contributed by atoms with Gasteiger partial charge in [0.2, 0.25) is 0 Å². The average Bonchev–Trinajstić information content (AvgIpc) is 2.85. The summed E-state index contributed by atoms with van der Waals surface area (Å²) < 4.78 is 13.9. The zero-order valence-electron chi connectivity index (χ0n) is 20.1. The number of carbonyl (C=O) groups is 2. The molecular weight excluding hydrogens is 477 g/mol. The number of halogens is 2. The van der Waals surface area contributed by atoms with E-state index in [-0.39, 0.29) is 28.8 Å². The predicted octanol–water partition coefficient (Wildman–Crippen LogP) is 6.63. The summed E-state index contributed by atoms with van der Waals surface area (Å²) in [6.07, 6.45) is 3.97. The Morgan fingerprint density at radius 1 is 0.917 bits per heavy atom. The Balaban J connectivity index is 1.42. The van der Waals surface area contributed by atoms with Crippen LogP contribution in [-0.2, 0) is 0 Å². The molecule has 4 rings (SSSR count). The van der Waals surface area contributed by atoms with E-state index in [4.69, 9.17) is 11.6 Å². The number of aryl methyl sites for hydroxylation is 1. The predicted molar refractivity (Wildman–Crippen MR) is 141 cm³/mol. The summed E-state index contributed by atoms with van der Waals surface area (Å²) in [5.41, 5.74) is 2.59. The fourth-order valence-corrected chi connectivity index (χ4v) is 4.65. The minimum absolute atomic E-state index is 0.0605. The first-order valence-corrected chi connectivity index (χ1v) is 12.5. The summed E-state index contributed by atoms with van der Waals surface area (Å²) in [6.45, 7) is 1.96. The summed E-state index contributed by atoms with van der Waals surface area (Å²) in [5, 5.41) is 6.30. The molecule has 36 heavy (non-hydrogen) atoms. The van der Waals surface area contributed by atoms with Crippen molar-refractivity contribution in [3.05, 3.63) is 100 Å². The molecule has 0 atom stereocenters. The van der Waals surface area contributed by atoms with Crippen molar-refractivity contribution in [1.29, 1.82) is 0 Å². The molecular formula is C29H29ClFN3O2. The van der Waals surface area contributed by atoms with Crippen LogP contribution in [0.25, 0.3) is 0 Å². The summed E-state index contributed by atoms with van der Waals surface area (Å²) in [4.78, 5) is 29.9. The second-order valence-corrected chi connectivity index (χ2v) is 9.70. The molecule has 0 heterocycles. The van der Waals surface area contributed by atoms with E-state index in [0.29, 0.717) is 29.1 Å². The maximum Gasteiger partial charge on any atom is 0.256 e. The van der Waals surface area contributed by atoms with Crippen molar-refractivity contribution in [2.75, 3.05) is 0 Å². The van der Waals surface area contributed by atoms with Crippen molar-refractivity contribution >= 4 is 34.9 Å². The summed E-state index contributed by atoms with van der Waals surface area (Å²) in [7, 11) is 0. The van der Waals surface area contributed by atoms with Gasteiger partial charge in [-0.3, -0.25) is 9.59 Å². The Hall–Kier alpha value is -3.51. The maximum absolute atomic E-state index is 13.9. The first kappa shape index (κ1) is 25.6. The van der Waals surface area contributed by atoms with Crippen molar-refractivity contribution in [3.8, 4) is 0 Å². The molecule has 0 unspecified atom stereocenters. The molecule has 0 radical (unpaired) electrons. The molecule has 3 aromatic rings. The number of nitrogens with one attached hydrogen (secondary N) is 2. The van der Waals surface area contributed by atoms with E-state index in [1.165, 1.54) is 12.1 Å². The molecule has 7 heteroatoms. The standard InChI is InChI=1S/C29H29ClFN3O2/c1-19-7-11-22(12-8-19)29(36)34-27(32-26-17-23(30)16-24(31)18-26)15-20-9-13-25(14-10-20)33-28(35)21-5-3-2-4-6-21/h2-8,11-12,16-18,20,25H,9-10,13-15H2,1H3,(H,33,35)(H,32,34,36). The zero-order valence-corrected chi connectivity index (χ0v) is 20.9. The van der Waals surface area contributed by atoms with Crippen LogP contribution in [0.3, 0.4) is 0 Å². The van der Waals surface area contributed by atoms with Crippen LogP contribution in [0.2, 0.25) is 5.02 Å². The van der Waals surface area contributed by atoms with Crippen molar-refractivity contribution in [2.45, 2.75) is 45.1 Å². The topological polar surface area (TPSA) is 70.6 Å². The molecule has 1 saturated carbocycles. The highest BCUT2D eigenvalue weighted by Gasteiger charge is 2.24. The van der Waals surface area contributed by atoms with Crippen molar-refractivity contribution in [1.82, 2.24) is 10.6 Å². The molecule has 2 N–H and O–H groups in total. The molecule has 1 fully saturated rings. The third-order valence-corrected chi connectivity index (χ3v) is 6.60. The van der Waals surface area contributed by atoms with Gasteiger partial charge in [-0.05, 0) is 81.0 Å². The van der Waals surface area contributed by atoms with E-state index in [2.05, 4.69) is 15.6 Å². The van der Waals surface area contributed by atoms with Gasteiger partial charge >= 0.3 is 0 Å². The van der Waals surface area contributed by atoms with Gasteiger partial charge in [0, 0.05) is 28.6 Å². The number of aliphatic imine (C=N–C) groups is 1. The Morgan fingerprint density at radius 3 is 2.25 bits per heavy atom. The molecule has 2 amide bonds. The first-order valence-electron chi connectivity index (χ1n) is 12.1. The van der Waals surface area contributed by atoms with Gasteiger partial charge in [0.15, 0.2) is 0 Å². The minimum atomic E-state index is -0.486. The normalized spacial score (nSPS) is 17.9. The number of rotatable bonds is 6. The summed E-state index contributed by atoms with van der Waals surface area (Å²) in [5.74, 6) is -0.0650. The van der Waals surface area contributed by atoms with E-state index in [1.54, 1.807) is 30.3 Å². The number of amides is 2. The molecule has 5 nitrogen and oxygen atoms in total. The highest BCUT2D eigenvalue weighted by atomic mass is 35.5. The van der Waals surface area contributed by atoms with Crippen molar-refractivity contribution < 1.29 is 14.0 Å². The lowest BCUT2D eigenvalue weighted by Crippen LogP contribution is -2.39. The van der Waals surface area contributed by atoms with Gasteiger partial charge in [0.1, 0.15) is 11.7 Å². The molecule has 1 aliphatic rings. The molecule has 3 aromatic carbocycles. The van der Waals surface area contributed by atoms with Crippen LogP contribution in [0.4, 0.5) is 10.1 Å². The van der Waals surface area contributed by atoms with Crippen molar-refractivity contribution in [2.24, 2.45) is 10.9 Å². The maximum atomic E-state index is 13.9. The summed E-state index contributed by atoms with van der Waals surface area (Å²) >= 11 is 6.01. The van der Waals surface area contributed by atoms with E-state index in [9.17, 15) is 14.0 Å². The van der Waals surface area contributed by atoms with Gasteiger partial charge < -0.3 is 10.6 Å². The molecule has 186 valence electrons. The van der Waals surface area contributed by atoms with Gasteiger partial charge in [0.05, 0.1) is 5.69 Å². The Labute approximate surface area is 215 Å². The quantitative estimate of drug-likeness (QED) is 0.291. The smallest absolute Gasteiger partial charge is 0.256 e. The van der Waals surface area contributed by atoms with Crippen molar-refractivity contribution in [3.63, 3.8) is 0 Å². The van der Waals surface area contributed by atoms with E-state index in [0.717, 1.165) is 31.2 Å². The molecule has 0 aromatic heterocycles. The van der Waals surface area contributed by atoms with Gasteiger partial charge in [-0.25, -0.2) is 9.38 Å². The lowest BCUT2D eigenvalue weighted by atomic mass is 9.83. The largest absolute Gasteiger partial charge is 0.349 e. The van der Waals surface area contributed by atoms with Crippen LogP contribution < -0.4 is 10.6 Å². The zero-order chi connectivity index (χ0) is 25.5. The van der Waals surface area contributed by atoms with Crippen LogP contribution in [0.15, 0.2) is 77.8 Å². The molecule has 0 saturated heterocycles. The highest BCUT2D eigenvalue weighted by Crippen LogP contribution is 2.28. The Bertz CT molecular complexity index is 1220. The fourth-order valence-electron chi connectivity index (χ4n) is 4.44. The average molecular weight is 506 g/mol. The lowest BCUT2D eigenvalue weighted by Gasteiger charge is -2.29. The van der Waals surface area contributed by atoms with E-state index < -0.39 is 5.82 Å². The molecule has 0 bridgehead atoms. The Morgan fingerprint density at radius 2 is 1.58 bits per heavy atom. The second-order valence-electron chi connectivity index (χ2n) is 9.27. The number of hydrogen-bond donors (Lipinski definition) is 2. The Kier molecular flexibility index (Phi) is 8.49. The first-order chi connectivity index (χ1) is 17.4. The molecule has 1 aliphatic carbocycles. The number of carbonyl (C=O) groups excluding carboxylic acids is 2. The third kappa shape index (κ3) is 7.25. The van der Waals surface area contributed by atoms with E-state index >= 15 is 0 Å². The van der Waals surface area contributed by atoms with E-state index in [1.807, 2.05) is 37.3 Å². The van der Waals surface area contributed by atoms with Gasteiger partial charge in [-0.1, -0.05) is 47.5 Å². The number of amidine groups is 1. The van der Waals surface area contributed by atoms with Crippen LogP contribution >= 0.6 is 11.6 Å². The SMILES string of the molecule is Cc1ccc(C(=O)NC(CC2CCC(NC(=O)c3ccccc3)CC2)=Nc2cc(F)cc(Cl)c2)cc1. The third-order valence-electron chi connectivity index (χ3n) is 6.38. The number of nitrogens with zero attached hydrogens (tertiary/aromatic N) is 1. The molecule has 0 aliphatic heterocycles. The number of hydrogen-bond acceptors (Lipinski definition) is 3. The van der Waals surface area contributed by atoms with Crippen LogP contribution in [0.1, 0.15) is 58.4 Å². The lowest BCUT2D eigenvalue weighted by molar-refractivity contribution is 0.0919. The van der Waals surface area contributed by atoms with Crippen LogP contribution in [0.5, 0.6) is 0 Å². The monoisotopic (exact) mass is 505 g/mol. The fraction of sp³-hybridized carbons (Fsp3) is 0.276. The van der Waals surface area contributed by atoms with Gasteiger partial charge in [-0.2, -0.15) is 0 Å². The van der Waals surface area contributed by atoms with Gasteiger partial charge in [0.25, 0.3) is 11.8 Å². The summed E-state index contributed by atoms with van der Waals surface area (Å²) in [6, 6.07) is 20.7.